The highest BCUT2D eigenvalue weighted by Crippen LogP contribution is 2.39. The van der Waals surface area contributed by atoms with Crippen LogP contribution in [0.4, 0.5) is 5.82 Å². The zero-order chi connectivity index (χ0) is 14.2. The molecule has 4 heteroatoms. The minimum atomic E-state index is 0.431. The lowest BCUT2D eigenvalue weighted by atomic mass is 10.0. The normalized spacial score (nSPS) is 11.0. The number of fused-ring (bicyclic) bond motifs is 1. The number of rotatable bonds is 2. The van der Waals surface area contributed by atoms with E-state index in [2.05, 4.69) is 29.4 Å². The molecule has 4 rings (SSSR count). The van der Waals surface area contributed by atoms with Crippen LogP contribution in [0, 0.1) is 0 Å². The summed E-state index contributed by atoms with van der Waals surface area (Å²) >= 11 is 1.63. The average molecular weight is 292 g/mol. The van der Waals surface area contributed by atoms with Gasteiger partial charge in [-0.15, -0.1) is 11.3 Å². The Hall–Kier alpha value is -2.59. The summed E-state index contributed by atoms with van der Waals surface area (Å²) in [5.41, 5.74) is 7.85. The highest BCUT2D eigenvalue weighted by atomic mass is 32.1. The van der Waals surface area contributed by atoms with Crippen molar-refractivity contribution in [3.8, 4) is 21.8 Å². The molecule has 2 heterocycles. The van der Waals surface area contributed by atoms with E-state index in [-0.39, 0.29) is 0 Å². The Morgan fingerprint density at radius 1 is 0.952 bits per heavy atom. The van der Waals surface area contributed by atoms with Gasteiger partial charge >= 0.3 is 0 Å². The number of thiophene rings is 1. The lowest BCUT2D eigenvalue weighted by Gasteiger charge is -2.03. The second-order valence-corrected chi connectivity index (χ2v) is 5.76. The molecule has 3 nitrogen and oxygen atoms in total. The van der Waals surface area contributed by atoms with Crippen molar-refractivity contribution in [2.75, 3.05) is 5.73 Å². The molecule has 0 bridgehead atoms. The first-order chi connectivity index (χ1) is 10.3. The van der Waals surface area contributed by atoms with Crippen molar-refractivity contribution in [3.63, 3.8) is 0 Å². The van der Waals surface area contributed by atoms with E-state index < -0.39 is 0 Å². The molecule has 0 aliphatic rings. The molecule has 2 aromatic carbocycles. The largest absolute Gasteiger partial charge is 0.380 e. The smallest absolute Gasteiger partial charge is 0.177 e. The molecular weight excluding hydrogens is 280 g/mol. The Labute approximate surface area is 125 Å². The van der Waals surface area contributed by atoms with Crippen LogP contribution in [-0.2, 0) is 0 Å². The van der Waals surface area contributed by atoms with Crippen LogP contribution in [0.15, 0.2) is 64.5 Å². The van der Waals surface area contributed by atoms with Crippen molar-refractivity contribution in [2.45, 2.75) is 0 Å². The van der Waals surface area contributed by atoms with Crippen LogP contribution in [0.1, 0.15) is 0 Å². The molecule has 0 aliphatic heterocycles. The van der Waals surface area contributed by atoms with Crippen molar-refractivity contribution in [1.29, 1.82) is 0 Å². The van der Waals surface area contributed by atoms with E-state index in [1.807, 2.05) is 35.7 Å². The molecule has 0 atom stereocenters. The van der Waals surface area contributed by atoms with E-state index in [0.717, 1.165) is 21.8 Å². The van der Waals surface area contributed by atoms with Gasteiger partial charge in [-0.3, -0.25) is 0 Å². The number of hydrogen-bond acceptors (Lipinski definition) is 4. The Morgan fingerprint density at radius 3 is 2.62 bits per heavy atom. The van der Waals surface area contributed by atoms with Crippen LogP contribution in [0.25, 0.3) is 32.5 Å². The van der Waals surface area contributed by atoms with E-state index in [1.165, 1.54) is 10.8 Å². The fourth-order valence-corrected chi connectivity index (χ4v) is 3.26. The molecule has 0 saturated carbocycles. The van der Waals surface area contributed by atoms with Gasteiger partial charge in [0, 0.05) is 10.4 Å². The summed E-state index contributed by atoms with van der Waals surface area (Å²) in [4.78, 5) is 1.07. The van der Waals surface area contributed by atoms with Crippen LogP contribution in [-0.4, -0.2) is 5.16 Å². The summed E-state index contributed by atoms with van der Waals surface area (Å²) in [6.45, 7) is 0. The maximum Gasteiger partial charge on any atom is 0.177 e. The molecule has 0 spiro atoms. The SMILES string of the molecule is Nc1noc(-c2ccc3ccccc3c2)c1-c1cccs1. The molecule has 4 aromatic rings. The highest BCUT2D eigenvalue weighted by Gasteiger charge is 2.18. The monoisotopic (exact) mass is 292 g/mol. The molecule has 0 radical (unpaired) electrons. The van der Waals surface area contributed by atoms with E-state index in [9.17, 15) is 0 Å². The van der Waals surface area contributed by atoms with Crippen LogP contribution >= 0.6 is 11.3 Å². The average Bonchev–Trinajstić information content (AvgIpc) is 3.15. The van der Waals surface area contributed by atoms with Gasteiger partial charge in [0.1, 0.15) is 0 Å². The molecule has 0 aliphatic carbocycles. The molecule has 2 aromatic heterocycles. The van der Waals surface area contributed by atoms with Crippen LogP contribution in [0.3, 0.4) is 0 Å². The predicted octanol–water partition coefficient (Wildman–Crippen LogP) is 4.81. The third-order valence-corrected chi connectivity index (χ3v) is 4.39. The molecule has 2 N–H and O–H groups in total. The molecule has 0 amide bonds. The fraction of sp³-hybridized carbons (Fsp3) is 0. The number of anilines is 1. The highest BCUT2D eigenvalue weighted by molar-refractivity contribution is 7.13. The van der Waals surface area contributed by atoms with Gasteiger partial charge in [0.15, 0.2) is 11.6 Å². The van der Waals surface area contributed by atoms with Gasteiger partial charge in [0.05, 0.1) is 5.56 Å². The number of nitrogens with zero attached hydrogens (tertiary/aromatic N) is 1. The van der Waals surface area contributed by atoms with Gasteiger partial charge in [-0.2, -0.15) is 0 Å². The van der Waals surface area contributed by atoms with Crippen LogP contribution in [0.2, 0.25) is 0 Å². The lowest BCUT2D eigenvalue weighted by molar-refractivity contribution is 0.436. The van der Waals surface area contributed by atoms with Crippen molar-refractivity contribution < 1.29 is 4.52 Å². The maximum atomic E-state index is 5.98. The van der Waals surface area contributed by atoms with Gasteiger partial charge in [0.25, 0.3) is 0 Å². The van der Waals surface area contributed by atoms with Crippen molar-refractivity contribution in [1.82, 2.24) is 5.16 Å². The number of benzene rings is 2. The van der Waals surface area contributed by atoms with E-state index in [0.29, 0.717) is 5.82 Å². The van der Waals surface area contributed by atoms with Gasteiger partial charge in [-0.1, -0.05) is 47.6 Å². The standard InChI is InChI=1S/C17H12N2OS/c18-17-15(14-6-3-9-21-14)16(20-19-17)13-8-7-11-4-1-2-5-12(11)10-13/h1-10H,(H2,18,19). The summed E-state index contributed by atoms with van der Waals surface area (Å²) in [6, 6.07) is 18.5. The maximum absolute atomic E-state index is 5.98. The Bertz CT molecular complexity index is 910. The van der Waals surface area contributed by atoms with E-state index in [4.69, 9.17) is 10.3 Å². The third kappa shape index (κ3) is 2.00. The lowest BCUT2D eigenvalue weighted by Crippen LogP contribution is -1.87. The number of nitrogen functional groups attached to an aromatic ring is 1. The van der Waals surface area contributed by atoms with Crippen molar-refractivity contribution in [2.24, 2.45) is 0 Å². The molecule has 102 valence electrons. The Balaban J connectivity index is 1.93. The van der Waals surface area contributed by atoms with Crippen LogP contribution < -0.4 is 5.73 Å². The summed E-state index contributed by atoms with van der Waals surface area (Å²) in [6.07, 6.45) is 0. The van der Waals surface area contributed by atoms with E-state index >= 15 is 0 Å². The van der Waals surface area contributed by atoms with Gasteiger partial charge in [-0.25, -0.2) is 0 Å². The van der Waals surface area contributed by atoms with Gasteiger partial charge < -0.3 is 10.3 Å². The van der Waals surface area contributed by atoms with Crippen molar-refractivity contribution in [3.05, 3.63) is 60.0 Å². The van der Waals surface area contributed by atoms with Gasteiger partial charge in [0.2, 0.25) is 0 Å². The number of nitrogens with two attached hydrogens (primary N) is 1. The second kappa shape index (κ2) is 4.75. The molecule has 21 heavy (non-hydrogen) atoms. The molecule has 0 fully saturated rings. The topological polar surface area (TPSA) is 52.0 Å². The third-order valence-electron chi connectivity index (χ3n) is 3.50. The summed E-state index contributed by atoms with van der Waals surface area (Å²) in [5, 5.41) is 8.33. The van der Waals surface area contributed by atoms with Crippen molar-refractivity contribution >= 4 is 27.9 Å². The first-order valence-corrected chi connectivity index (χ1v) is 7.49. The number of hydrogen-bond donors (Lipinski definition) is 1. The Kier molecular flexibility index (Phi) is 2.75. The second-order valence-electron chi connectivity index (χ2n) is 4.81. The zero-order valence-corrected chi connectivity index (χ0v) is 11.9. The first-order valence-electron chi connectivity index (χ1n) is 6.61. The molecular formula is C17H12N2OS. The summed E-state index contributed by atoms with van der Waals surface area (Å²) < 4.78 is 5.49. The minimum absolute atomic E-state index is 0.431. The summed E-state index contributed by atoms with van der Waals surface area (Å²) in [7, 11) is 0. The van der Waals surface area contributed by atoms with Crippen LogP contribution in [0.5, 0.6) is 0 Å². The first kappa shape index (κ1) is 12.2. The van der Waals surface area contributed by atoms with E-state index in [1.54, 1.807) is 11.3 Å². The zero-order valence-electron chi connectivity index (χ0n) is 11.1. The quantitative estimate of drug-likeness (QED) is 0.577. The van der Waals surface area contributed by atoms with Gasteiger partial charge in [-0.05, 0) is 28.3 Å². The number of aromatic nitrogens is 1. The fourth-order valence-electron chi connectivity index (χ4n) is 2.49. The predicted molar refractivity (Wildman–Crippen MR) is 87.2 cm³/mol. The molecule has 0 unspecified atom stereocenters. The molecule has 0 saturated heterocycles. The Morgan fingerprint density at radius 2 is 1.81 bits per heavy atom. The summed E-state index contributed by atoms with van der Waals surface area (Å²) in [5.74, 6) is 1.15. The minimum Gasteiger partial charge on any atom is -0.380 e.